The van der Waals surface area contributed by atoms with Crippen LogP contribution in [0.1, 0.15) is 22.7 Å². The number of aromatic nitrogens is 1. The number of benzene rings is 1. The Hall–Kier alpha value is -1.98. The van der Waals surface area contributed by atoms with Crippen LogP contribution in [0.3, 0.4) is 0 Å². The van der Waals surface area contributed by atoms with Crippen LogP contribution in [0.25, 0.3) is 11.1 Å². The minimum atomic E-state index is -2.80. The lowest BCUT2D eigenvalue weighted by Gasteiger charge is -1.91. The molecule has 0 unspecified atom stereocenters. The third-order valence-corrected chi connectivity index (χ3v) is 1.84. The third-order valence-electron chi connectivity index (χ3n) is 1.84. The molecule has 78 valence electrons. The van der Waals surface area contributed by atoms with Crippen molar-refractivity contribution in [3.8, 4) is 0 Å². The van der Waals surface area contributed by atoms with Crippen molar-refractivity contribution in [2.45, 2.75) is 6.43 Å². The van der Waals surface area contributed by atoms with E-state index in [-0.39, 0.29) is 16.7 Å². The third kappa shape index (κ3) is 1.65. The minimum absolute atomic E-state index is 0.0170. The number of carboxylic acids is 1. The monoisotopic (exact) mass is 213 g/mol. The Balaban J connectivity index is 2.57. The van der Waals surface area contributed by atoms with E-state index in [0.717, 1.165) is 0 Å². The molecule has 1 N–H and O–H groups in total. The van der Waals surface area contributed by atoms with E-state index >= 15 is 0 Å². The zero-order valence-corrected chi connectivity index (χ0v) is 7.28. The first-order valence-corrected chi connectivity index (χ1v) is 4.00. The normalized spacial score (nSPS) is 11.1. The van der Waals surface area contributed by atoms with Crippen LogP contribution in [0.15, 0.2) is 22.6 Å². The number of nitrogens with zero attached hydrogens (tertiary/aromatic N) is 1. The molecule has 2 rings (SSSR count). The minimum Gasteiger partial charge on any atom is -0.478 e. The van der Waals surface area contributed by atoms with Crippen LogP contribution in [0.5, 0.6) is 0 Å². The smallest absolute Gasteiger partial charge is 0.335 e. The average molecular weight is 213 g/mol. The van der Waals surface area contributed by atoms with Gasteiger partial charge in [-0.15, -0.1) is 0 Å². The lowest BCUT2D eigenvalue weighted by molar-refractivity contribution is 0.0697. The SMILES string of the molecule is O=C(O)c1ccc2oc(C(F)F)nc2c1. The molecule has 1 heterocycles. The molecule has 0 bridgehead atoms. The number of hydrogen-bond donors (Lipinski definition) is 1. The Kier molecular flexibility index (Phi) is 2.11. The summed E-state index contributed by atoms with van der Waals surface area (Å²) in [5.74, 6) is -1.84. The fourth-order valence-corrected chi connectivity index (χ4v) is 1.17. The van der Waals surface area contributed by atoms with Gasteiger partial charge in [0.05, 0.1) is 5.56 Å². The van der Waals surface area contributed by atoms with E-state index in [1.54, 1.807) is 0 Å². The van der Waals surface area contributed by atoms with Gasteiger partial charge < -0.3 is 9.52 Å². The van der Waals surface area contributed by atoms with E-state index in [2.05, 4.69) is 4.98 Å². The summed E-state index contributed by atoms with van der Waals surface area (Å²) >= 11 is 0. The van der Waals surface area contributed by atoms with Gasteiger partial charge in [-0.2, -0.15) is 8.78 Å². The number of oxazole rings is 1. The van der Waals surface area contributed by atoms with Crippen LogP contribution in [-0.4, -0.2) is 16.1 Å². The molecule has 0 aliphatic carbocycles. The van der Waals surface area contributed by atoms with Crippen molar-refractivity contribution in [2.75, 3.05) is 0 Å². The van der Waals surface area contributed by atoms with E-state index in [9.17, 15) is 13.6 Å². The topological polar surface area (TPSA) is 63.3 Å². The summed E-state index contributed by atoms with van der Waals surface area (Å²) in [6.45, 7) is 0. The van der Waals surface area contributed by atoms with Crippen LogP contribution in [0.4, 0.5) is 8.78 Å². The maximum atomic E-state index is 12.2. The van der Waals surface area contributed by atoms with Crippen LogP contribution in [0.2, 0.25) is 0 Å². The summed E-state index contributed by atoms with van der Waals surface area (Å²) in [4.78, 5) is 14.1. The number of aromatic carboxylic acids is 1. The fraction of sp³-hybridized carbons (Fsp3) is 0.111. The summed E-state index contributed by atoms with van der Waals surface area (Å²) in [6.07, 6.45) is -2.80. The Bertz CT molecular complexity index is 521. The van der Waals surface area contributed by atoms with Crippen molar-refractivity contribution in [3.05, 3.63) is 29.7 Å². The second-order valence-corrected chi connectivity index (χ2v) is 2.84. The molecule has 1 aromatic carbocycles. The average Bonchev–Trinajstić information content (AvgIpc) is 2.59. The first-order valence-electron chi connectivity index (χ1n) is 4.00. The first kappa shape index (κ1) is 9.57. The lowest BCUT2D eigenvalue weighted by Crippen LogP contribution is -1.94. The molecule has 4 nitrogen and oxygen atoms in total. The number of hydrogen-bond acceptors (Lipinski definition) is 3. The Labute approximate surface area is 82.1 Å². The number of fused-ring (bicyclic) bond motifs is 1. The van der Waals surface area contributed by atoms with Crippen molar-refractivity contribution in [1.82, 2.24) is 4.98 Å². The molecule has 0 spiro atoms. The van der Waals surface area contributed by atoms with Gasteiger partial charge >= 0.3 is 12.4 Å². The second kappa shape index (κ2) is 3.30. The number of rotatable bonds is 2. The standard InChI is InChI=1S/C9H5F2NO3/c10-7(11)8-12-5-3-4(9(13)14)1-2-6(5)15-8/h1-3,7H,(H,13,14). The van der Waals surface area contributed by atoms with Gasteiger partial charge in [0.1, 0.15) is 5.52 Å². The first-order chi connectivity index (χ1) is 7.08. The molecule has 6 heteroatoms. The zero-order valence-electron chi connectivity index (χ0n) is 7.28. The summed E-state index contributed by atoms with van der Waals surface area (Å²) in [5.41, 5.74) is 0.247. The van der Waals surface area contributed by atoms with Gasteiger partial charge in [0, 0.05) is 0 Å². The molecule has 0 atom stereocenters. The van der Waals surface area contributed by atoms with Crippen LogP contribution in [-0.2, 0) is 0 Å². The summed E-state index contributed by atoms with van der Waals surface area (Å²) in [5, 5.41) is 8.65. The van der Waals surface area contributed by atoms with Crippen molar-refractivity contribution < 1.29 is 23.1 Å². The molecule has 0 aliphatic rings. The van der Waals surface area contributed by atoms with Gasteiger partial charge in [0.15, 0.2) is 5.58 Å². The predicted molar refractivity (Wildman–Crippen MR) is 45.9 cm³/mol. The molecular formula is C9H5F2NO3. The molecule has 0 saturated carbocycles. The maximum absolute atomic E-state index is 12.2. The number of alkyl halides is 2. The van der Waals surface area contributed by atoms with Crippen molar-refractivity contribution in [1.29, 1.82) is 0 Å². The molecule has 15 heavy (non-hydrogen) atoms. The van der Waals surface area contributed by atoms with Crippen molar-refractivity contribution in [3.63, 3.8) is 0 Å². The molecule has 0 radical (unpaired) electrons. The largest absolute Gasteiger partial charge is 0.478 e. The molecule has 0 saturated heterocycles. The van der Waals surface area contributed by atoms with Gasteiger partial charge in [0.2, 0.25) is 0 Å². The number of carbonyl (C=O) groups is 1. The van der Waals surface area contributed by atoms with Gasteiger partial charge in [-0.1, -0.05) is 0 Å². The van der Waals surface area contributed by atoms with E-state index < -0.39 is 18.3 Å². The highest BCUT2D eigenvalue weighted by Crippen LogP contribution is 2.23. The fourth-order valence-electron chi connectivity index (χ4n) is 1.17. The second-order valence-electron chi connectivity index (χ2n) is 2.84. The Morgan fingerprint density at radius 1 is 1.47 bits per heavy atom. The summed E-state index contributed by atoms with van der Waals surface area (Å²) in [7, 11) is 0. The Morgan fingerprint density at radius 2 is 2.20 bits per heavy atom. The molecule has 0 amide bonds. The van der Waals surface area contributed by atoms with E-state index in [1.807, 2.05) is 0 Å². The molecule has 0 aliphatic heterocycles. The van der Waals surface area contributed by atoms with Gasteiger partial charge in [-0.25, -0.2) is 9.78 Å². The van der Waals surface area contributed by atoms with Crippen LogP contribution >= 0.6 is 0 Å². The summed E-state index contributed by atoms with van der Waals surface area (Å²) in [6, 6.07) is 3.76. The molecule has 1 aromatic heterocycles. The Morgan fingerprint density at radius 3 is 2.80 bits per heavy atom. The van der Waals surface area contributed by atoms with Gasteiger partial charge in [-0.3, -0.25) is 0 Å². The highest BCUT2D eigenvalue weighted by atomic mass is 19.3. The van der Waals surface area contributed by atoms with E-state index in [4.69, 9.17) is 9.52 Å². The zero-order chi connectivity index (χ0) is 11.0. The lowest BCUT2D eigenvalue weighted by atomic mass is 10.2. The number of halogens is 2. The quantitative estimate of drug-likeness (QED) is 0.832. The highest BCUT2D eigenvalue weighted by Gasteiger charge is 2.16. The van der Waals surface area contributed by atoms with E-state index in [0.29, 0.717) is 0 Å². The summed E-state index contributed by atoms with van der Waals surface area (Å²) < 4.78 is 29.1. The molecular weight excluding hydrogens is 208 g/mol. The van der Waals surface area contributed by atoms with Gasteiger partial charge in [-0.05, 0) is 18.2 Å². The molecule has 0 fully saturated rings. The van der Waals surface area contributed by atoms with E-state index in [1.165, 1.54) is 18.2 Å². The predicted octanol–water partition coefficient (Wildman–Crippen LogP) is 2.46. The van der Waals surface area contributed by atoms with Crippen molar-refractivity contribution in [2.24, 2.45) is 0 Å². The van der Waals surface area contributed by atoms with Crippen LogP contribution < -0.4 is 0 Å². The van der Waals surface area contributed by atoms with Crippen LogP contribution in [0, 0.1) is 0 Å². The van der Waals surface area contributed by atoms with Crippen molar-refractivity contribution >= 4 is 17.1 Å². The highest BCUT2D eigenvalue weighted by molar-refractivity contribution is 5.91. The number of carboxylic acid groups (broad SMARTS) is 1. The maximum Gasteiger partial charge on any atom is 0.335 e. The molecule has 2 aromatic rings. The van der Waals surface area contributed by atoms with Gasteiger partial charge in [0.25, 0.3) is 5.89 Å².